The van der Waals surface area contributed by atoms with E-state index in [0.29, 0.717) is 7.14 Å². The van der Waals surface area contributed by atoms with Crippen molar-refractivity contribution in [3.8, 4) is 5.75 Å². The van der Waals surface area contributed by atoms with Gasteiger partial charge in [0.05, 0.1) is 13.7 Å². The van der Waals surface area contributed by atoms with Crippen LogP contribution in [-0.4, -0.2) is 49.7 Å². The standard InChI is InChI=1S/C22H26I2N2O6/c1-22(30-2,31-3)13-25-20(28)18(11-15-9-16(23)19(27)17(24)10-15)26-21(29)32-12-14-7-5-4-6-8-14/h4-10,18,27H,11-13H2,1-3H3,(H,25,28)(H,26,29)/t18-/m0/s1. The highest BCUT2D eigenvalue weighted by molar-refractivity contribution is 14.1. The maximum Gasteiger partial charge on any atom is 0.408 e. The van der Waals surface area contributed by atoms with E-state index in [1.807, 2.05) is 75.5 Å². The molecule has 0 aliphatic rings. The van der Waals surface area contributed by atoms with Gasteiger partial charge in [-0.1, -0.05) is 30.3 Å². The van der Waals surface area contributed by atoms with Gasteiger partial charge >= 0.3 is 6.09 Å². The van der Waals surface area contributed by atoms with Crippen LogP contribution in [0.15, 0.2) is 42.5 Å². The van der Waals surface area contributed by atoms with E-state index in [-0.39, 0.29) is 25.3 Å². The summed E-state index contributed by atoms with van der Waals surface area (Å²) in [7, 11) is 2.96. The average molecular weight is 668 g/mol. The Morgan fingerprint density at radius 1 is 1.06 bits per heavy atom. The molecule has 3 N–H and O–H groups in total. The van der Waals surface area contributed by atoms with E-state index in [2.05, 4.69) is 10.6 Å². The smallest absolute Gasteiger partial charge is 0.408 e. The number of phenolic OH excluding ortho intramolecular Hbond substituents is 1. The molecule has 0 unspecified atom stereocenters. The molecule has 1 atom stereocenters. The van der Waals surface area contributed by atoms with Gasteiger partial charge in [0.1, 0.15) is 18.4 Å². The van der Waals surface area contributed by atoms with E-state index in [1.54, 1.807) is 19.1 Å². The Kier molecular flexibility index (Phi) is 10.4. The number of halogens is 2. The maximum absolute atomic E-state index is 12.9. The summed E-state index contributed by atoms with van der Waals surface area (Å²) in [5, 5.41) is 15.4. The first kappa shape index (κ1) is 26.6. The Labute approximate surface area is 214 Å². The first-order chi connectivity index (χ1) is 15.2. The third kappa shape index (κ3) is 8.05. The minimum absolute atomic E-state index is 0.0841. The summed E-state index contributed by atoms with van der Waals surface area (Å²) in [5.74, 6) is -1.24. The van der Waals surface area contributed by atoms with Crippen LogP contribution < -0.4 is 10.6 Å². The average Bonchev–Trinajstić information content (AvgIpc) is 2.79. The van der Waals surface area contributed by atoms with Crippen molar-refractivity contribution in [2.45, 2.75) is 31.8 Å². The molecule has 0 radical (unpaired) electrons. The molecule has 0 aliphatic carbocycles. The van der Waals surface area contributed by atoms with E-state index in [1.165, 1.54) is 14.2 Å². The fourth-order valence-electron chi connectivity index (χ4n) is 2.69. The van der Waals surface area contributed by atoms with E-state index >= 15 is 0 Å². The maximum atomic E-state index is 12.9. The zero-order chi connectivity index (χ0) is 23.7. The minimum atomic E-state index is -1.00. The number of hydrogen-bond donors (Lipinski definition) is 3. The number of hydrogen-bond acceptors (Lipinski definition) is 6. The Hall–Kier alpha value is -1.64. The first-order valence-corrected chi connectivity index (χ1v) is 11.9. The van der Waals surface area contributed by atoms with Crippen molar-refractivity contribution in [3.05, 3.63) is 60.7 Å². The lowest BCUT2D eigenvalue weighted by Gasteiger charge is -2.27. The fourth-order valence-corrected chi connectivity index (χ4v) is 4.58. The summed E-state index contributed by atoms with van der Waals surface area (Å²) >= 11 is 4.04. The fraction of sp³-hybridized carbons (Fsp3) is 0.364. The number of aromatic hydroxyl groups is 1. The van der Waals surface area contributed by atoms with Crippen LogP contribution in [0.5, 0.6) is 5.75 Å². The zero-order valence-corrected chi connectivity index (χ0v) is 22.3. The molecule has 174 valence electrons. The van der Waals surface area contributed by atoms with Crippen LogP contribution in [0.25, 0.3) is 0 Å². The number of methoxy groups -OCH3 is 2. The lowest BCUT2D eigenvalue weighted by molar-refractivity contribution is -0.190. The third-order valence-electron chi connectivity index (χ3n) is 4.79. The summed E-state index contributed by atoms with van der Waals surface area (Å²) in [6.45, 7) is 1.86. The van der Waals surface area contributed by atoms with Gasteiger partial charge in [0.2, 0.25) is 5.91 Å². The summed E-state index contributed by atoms with van der Waals surface area (Å²) in [6, 6.07) is 11.9. The SMILES string of the molecule is COC(C)(CNC(=O)[C@H](Cc1cc(I)c(O)c(I)c1)NC(=O)OCc1ccccc1)OC. The second-order valence-corrected chi connectivity index (χ2v) is 9.46. The number of benzene rings is 2. The van der Waals surface area contributed by atoms with Crippen molar-refractivity contribution in [3.63, 3.8) is 0 Å². The first-order valence-electron chi connectivity index (χ1n) is 9.69. The predicted octanol–water partition coefficient (Wildman–Crippen LogP) is 3.56. The minimum Gasteiger partial charge on any atom is -0.506 e. The zero-order valence-electron chi connectivity index (χ0n) is 18.0. The number of carbonyl (C=O) groups is 2. The van der Waals surface area contributed by atoms with Gasteiger partial charge < -0.3 is 30.0 Å². The highest BCUT2D eigenvalue weighted by atomic mass is 127. The molecule has 0 saturated heterocycles. The lowest BCUT2D eigenvalue weighted by Crippen LogP contribution is -2.52. The molecule has 10 heteroatoms. The highest BCUT2D eigenvalue weighted by Crippen LogP contribution is 2.28. The molecule has 0 aromatic heterocycles. The van der Waals surface area contributed by atoms with Gasteiger partial charge in [0.15, 0.2) is 5.79 Å². The van der Waals surface area contributed by atoms with Crippen LogP contribution in [0.4, 0.5) is 4.79 Å². The Morgan fingerprint density at radius 3 is 2.22 bits per heavy atom. The Balaban J connectivity index is 2.12. The molecule has 0 aliphatic heterocycles. The second-order valence-electron chi connectivity index (χ2n) is 7.13. The second kappa shape index (κ2) is 12.6. The highest BCUT2D eigenvalue weighted by Gasteiger charge is 2.28. The van der Waals surface area contributed by atoms with E-state index in [9.17, 15) is 14.7 Å². The quantitative estimate of drug-likeness (QED) is 0.265. The normalized spacial score (nSPS) is 12.2. The number of amides is 2. The van der Waals surface area contributed by atoms with Crippen LogP contribution >= 0.6 is 45.2 Å². The van der Waals surface area contributed by atoms with Crippen LogP contribution in [0.1, 0.15) is 18.1 Å². The molecule has 0 spiro atoms. The Bertz CT molecular complexity index is 899. The Morgan fingerprint density at radius 2 is 1.66 bits per heavy atom. The van der Waals surface area contributed by atoms with Crippen molar-refractivity contribution in [2.75, 3.05) is 20.8 Å². The molecule has 8 nitrogen and oxygen atoms in total. The molecule has 2 aromatic rings. The number of nitrogens with one attached hydrogen (secondary N) is 2. The summed E-state index contributed by atoms with van der Waals surface area (Å²) in [6.07, 6.45) is -0.506. The van der Waals surface area contributed by atoms with Gasteiger partial charge in [-0.25, -0.2) is 4.79 Å². The molecule has 0 saturated carbocycles. The van der Waals surface area contributed by atoms with E-state index in [0.717, 1.165) is 11.1 Å². The summed E-state index contributed by atoms with van der Waals surface area (Å²) < 4.78 is 17.1. The van der Waals surface area contributed by atoms with Gasteiger partial charge in [-0.2, -0.15) is 0 Å². The summed E-state index contributed by atoms with van der Waals surface area (Å²) in [4.78, 5) is 25.3. The topological polar surface area (TPSA) is 106 Å². The number of phenols is 1. The van der Waals surface area contributed by atoms with Crippen molar-refractivity contribution in [2.24, 2.45) is 0 Å². The molecule has 0 fully saturated rings. The molecule has 2 rings (SSSR count). The van der Waals surface area contributed by atoms with E-state index in [4.69, 9.17) is 14.2 Å². The third-order valence-corrected chi connectivity index (χ3v) is 6.43. The number of rotatable bonds is 10. The van der Waals surface area contributed by atoms with Gasteiger partial charge in [0, 0.05) is 20.6 Å². The van der Waals surface area contributed by atoms with E-state index < -0.39 is 23.8 Å². The lowest BCUT2D eigenvalue weighted by atomic mass is 10.0. The van der Waals surface area contributed by atoms with Crippen molar-refractivity contribution in [1.29, 1.82) is 0 Å². The van der Waals surface area contributed by atoms with Crippen LogP contribution in [0.3, 0.4) is 0 Å². The van der Waals surface area contributed by atoms with Gasteiger partial charge in [-0.05, 0) is 75.4 Å². The van der Waals surface area contributed by atoms with Crippen molar-refractivity contribution < 1.29 is 28.9 Å². The van der Waals surface area contributed by atoms with Crippen LogP contribution in [-0.2, 0) is 32.0 Å². The van der Waals surface area contributed by atoms with Crippen molar-refractivity contribution >= 4 is 57.2 Å². The van der Waals surface area contributed by atoms with Crippen LogP contribution in [0, 0.1) is 7.14 Å². The largest absolute Gasteiger partial charge is 0.506 e. The molecule has 0 bridgehead atoms. The van der Waals surface area contributed by atoms with Crippen LogP contribution in [0.2, 0.25) is 0 Å². The molecule has 32 heavy (non-hydrogen) atoms. The monoisotopic (exact) mass is 668 g/mol. The molecule has 2 aromatic carbocycles. The van der Waals surface area contributed by atoms with Gasteiger partial charge in [-0.15, -0.1) is 0 Å². The molecular formula is C22H26I2N2O6. The van der Waals surface area contributed by atoms with Gasteiger partial charge in [-0.3, -0.25) is 4.79 Å². The summed E-state index contributed by atoms with van der Waals surface area (Å²) in [5.41, 5.74) is 1.61. The predicted molar refractivity (Wildman–Crippen MR) is 136 cm³/mol. The number of ether oxygens (including phenoxy) is 3. The number of carbonyl (C=O) groups excluding carboxylic acids is 2. The van der Waals surface area contributed by atoms with Gasteiger partial charge in [0.25, 0.3) is 0 Å². The molecule has 0 heterocycles. The molecule has 2 amide bonds. The van der Waals surface area contributed by atoms with Crippen molar-refractivity contribution in [1.82, 2.24) is 10.6 Å². The molecular weight excluding hydrogens is 642 g/mol. The number of alkyl carbamates (subject to hydrolysis) is 1.